The third-order valence-corrected chi connectivity index (χ3v) is 8.85. The summed E-state index contributed by atoms with van der Waals surface area (Å²) in [6.45, 7) is 2.06. The molecule has 4 aliphatic rings. The van der Waals surface area contributed by atoms with E-state index in [0.29, 0.717) is 12.2 Å². The number of hydrogen-bond acceptors (Lipinski definition) is 6. The highest BCUT2D eigenvalue weighted by molar-refractivity contribution is 6.01. The number of piperidine rings is 1. The molecule has 0 aromatic heterocycles. The summed E-state index contributed by atoms with van der Waals surface area (Å²) in [5.74, 6) is -1.22. The largest absolute Gasteiger partial charge is 0.482 e. The zero-order valence-corrected chi connectivity index (χ0v) is 24.3. The van der Waals surface area contributed by atoms with E-state index in [1.165, 1.54) is 6.07 Å². The van der Waals surface area contributed by atoms with Crippen molar-refractivity contribution in [1.29, 1.82) is 0 Å². The fourth-order valence-corrected chi connectivity index (χ4v) is 6.41. The molecule has 1 unspecified atom stereocenters. The molecular formula is C34H35F2N3O5. The van der Waals surface area contributed by atoms with Crippen molar-refractivity contribution in [3.05, 3.63) is 72.3 Å². The van der Waals surface area contributed by atoms with Crippen molar-refractivity contribution in [2.24, 2.45) is 5.92 Å². The zero-order chi connectivity index (χ0) is 30.3. The molecule has 0 bridgehead atoms. The molecule has 230 valence electrons. The topological polar surface area (TPSA) is 89.1 Å². The van der Waals surface area contributed by atoms with E-state index in [4.69, 9.17) is 9.47 Å². The Morgan fingerprint density at radius 3 is 2.57 bits per heavy atom. The molecule has 3 fully saturated rings. The first kappa shape index (κ1) is 28.7. The fraction of sp³-hybridized carbons (Fsp3) is 0.412. The van der Waals surface area contributed by atoms with Gasteiger partial charge in [-0.15, -0.1) is 0 Å². The van der Waals surface area contributed by atoms with E-state index in [1.54, 1.807) is 17.0 Å². The minimum Gasteiger partial charge on any atom is -0.465 e. The summed E-state index contributed by atoms with van der Waals surface area (Å²) in [5, 5.41) is 5.62. The van der Waals surface area contributed by atoms with Gasteiger partial charge in [0.2, 0.25) is 5.91 Å². The first-order chi connectivity index (χ1) is 21.4. The highest BCUT2D eigenvalue weighted by atomic mass is 19.3. The van der Waals surface area contributed by atoms with Crippen LogP contribution in [-0.4, -0.2) is 50.0 Å². The molecule has 3 atom stereocenters. The van der Waals surface area contributed by atoms with Crippen LogP contribution in [0, 0.1) is 5.92 Å². The van der Waals surface area contributed by atoms with Crippen LogP contribution < -0.4 is 25.0 Å². The molecule has 3 aromatic rings. The predicted octanol–water partition coefficient (Wildman–Crippen LogP) is 6.07. The maximum absolute atomic E-state index is 14.3. The van der Waals surface area contributed by atoms with Crippen molar-refractivity contribution in [3.8, 4) is 22.6 Å². The summed E-state index contributed by atoms with van der Waals surface area (Å²) >= 11 is 0. The molecule has 3 aromatic carbocycles. The van der Waals surface area contributed by atoms with Crippen LogP contribution in [0.1, 0.15) is 50.0 Å². The molecule has 0 spiro atoms. The van der Waals surface area contributed by atoms with Gasteiger partial charge < -0.3 is 29.7 Å². The lowest BCUT2D eigenvalue weighted by atomic mass is 9.79. The highest BCUT2D eigenvalue weighted by Crippen LogP contribution is 2.42. The lowest BCUT2D eigenvalue weighted by Crippen LogP contribution is -2.47. The maximum atomic E-state index is 14.3. The van der Waals surface area contributed by atoms with Crippen molar-refractivity contribution in [1.82, 2.24) is 5.32 Å². The van der Waals surface area contributed by atoms with Crippen LogP contribution >= 0.6 is 0 Å². The van der Waals surface area contributed by atoms with Crippen LogP contribution in [-0.2, 0) is 14.3 Å². The van der Waals surface area contributed by atoms with E-state index in [0.717, 1.165) is 74.1 Å². The average molecular weight is 604 g/mol. The van der Waals surface area contributed by atoms with Crippen molar-refractivity contribution in [3.63, 3.8) is 0 Å². The van der Waals surface area contributed by atoms with Gasteiger partial charge in [0, 0.05) is 24.7 Å². The molecule has 1 aliphatic carbocycles. The third-order valence-electron chi connectivity index (χ3n) is 8.85. The summed E-state index contributed by atoms with van der Waals surface area (Å²) < 4.78 is 43.9. The fourth-order valence-electron chi connectivity index (χ4n) is 6.41. The molecule has 2 N–H and O–H groups in total. The van der Waals surface area contributed by atoms with Crippen LogP contribution in [0.25, 0.3) is 11.1 Å². The number of alkyl halides is 2. The lowest BCUT2D eigenvalue weighted by Gasteiger charge is -2.36. The second-order valence-electron chi connectivity index (χ2n) is 12.0. The maximum Gasteiger partial charge on any atom is 0.482 e. The molecule has 10 heteroatoms. The third kappa shape index (κ3) is 5.88. The van der Waals surface area contributed by atoms with Gasteiger partial charge >= 0.3 is 12.0 Å². The van der Waals surface area contributed by atoms with Gasteiger partial charge in [-0.05, 0) is 91.6 Å². The second-order valence-corrected chi connectivity index (χ2v) is 12.0. The summed E-state index contributed by atoms with van der Waals surface area (Å²) in [4.78, 5) is 27.9. The van der Waals surface area contributed by atoms with Crippen LogP contribution in [0.5, 0.6) is 11.5 Å². The second kappa shape index (κ2) is 11.8. The number of carbonyl (C=O) groups is 2. The number of halogens is 2. The monoisotopic (exact) mass is 603 g/mol. The minimum absolute atomic E-state index is 0.00429. The van der Waals surface area contributed by atoms with Crippen molar-refractivity contribution in [2.75, 3.05) is 29.9 Å². The van der Waals surface area contributed by atoms with E-state index in [1.807, 2.05) is 30.3 Å². The number of ether oxygens (including phenoxy) is 3. The Morgan fingerprint density at radius 2 is 1.80 bits per heavy atom. The van der Waals surface area contributed by atoms with Crippen molar-refractivity contribution >= 4 is 23.2 Å². The quantitative estimate of drug-likeness (QED) is 0.341. The van der Waals surface area contributed by atoms with Gasteiger partial charge in [0.1, 0.15) is 5.75 Å². The van der Waals surface area contributed by atoms with Crippen molar-refractivity contribution in [2.45, 2.75) is 62.9 Å². The molecule has 2 amide bonds. The molecule has 44 heavy (non-hydrogen) atoms. The average Bonchev–Trinajstić information content (AvgIpc) is 3.88. The van der Waals surface area contributed by atoms with E-state index in [9.17, 15) is 18.4 Å². The van der Waals surface area contributed by atoms with Crippen LogP contribution in [0.4, 0.5) is 20.2 Å². The number of nitrogens with zero attached hydrogens (tertiary/aromatic N) is 1. The van der Waals surface area contributed by atoms with Gasteiger partial charge in [-0.25, -0.2) is 0 Å². The predicted molar refractivity (Wildman–Crippen MR) is 161 cm³/mol. The number of rotatable bonds is 7. The first-order valence-corrected chi connectivity index (χ1v) is 15.4. The Labute approximate surface area is 254 Å². The van der Waals surface area contributed by atoms with Gasteiger partial charge in [0.05, 0.1) is 18.2 Å². The number of fused-ring (bicyclic) bond motifs is 1. The number of carbonyl (C=O) groups excluding carboxylic acids is 2. The van der Waals surface area contributed by atoms with Gasteiger partial charge in [0.15, 0.2) is 12.0 Å². The number of benzene rings is 3. The van der Waals surface area contributed by atoms with Gasteiger partial charge in [-0.3, -0.25) is 9.59 Å². The van der Waals surface area contributed by atoms with E-state index in [-0.39, 0.29) is 41.5 Å². The van der Waals surface area contributed by atoms with Gasteiger partial charge in [-0.2, -0.15) is 8.78 Å². The van der Waals surface area contributed by atoms with Crippen molar-refractivity contribution < 1.29 is 32.6 Å². The normalized spacial score (nSPS) is 24.4. The van der Waals surface area contributed by atoms with E-state index in [2.05, 4.69) is 33.6 Å². The number of amides is 2. The lowest BCUT2D eigenvalue weighted by molar-refractivity contribution is -0.189. The van der Waals surface area contributed by atoms with E-state index >= 15 is 0 Å². The van der Waals surface area contributed by atoms with E-state index < -0.39 is 12.0 Å². The summed E-state index contributed by atoms with van der Waals surface area (Å²) in [7, 11) is 0. The molecule has 2 saturated heterocycles. The first-order valence-electron chi connectivity index (χ1n) is 15.4. The zero-order valence-electron chi connectivity index (χ0n) is 24.3. The highest BCUT2D eigenvalue weighted by Gasteiger charge is 2.47. The molecular weight excluding hydrogens is 568 g/mol. The molecule has 7 rings (SSSR count). The molecule has 3 aliphatic heterocycles. The number of hydrogen-bond donors (Lipinski definition) is 2. The van der Waals surface area contributed by atoms with Crippen LogP contribution in [0.3, 0.4) is 0 Å². The number of nitrogens with one attached hydrogen (secondary N) is 2. The Bertz CT molecular complexity index is 1540. The Morgan fingerprint density at radius 1 is 0.955 bits per heavy atom. The summed E-state index contributed by atoms with van der Waals surface area (Å²) in [6.07, 6.45) is 1.47. The minimum atomic E-state index is -3.93. The van der Waals surface area contributed by atoms with Gasteiger partial charge in [-0.1, -0.05) is 36.4 Å². The SMILES string of the molecule is O=C([C@H]1CNCC[C@@H]1c1cccc(-c2ccc(OC3CCCCO3)cc2)c1)N(c1ccc2c(c1)NC(=O)C(F)(F)O2)C1CC1. The Balaban J connectivity index is 1.11. The number of anilines is 2. The summed E-state index contributed by atoms with van der Waals surface area (Å²) in [5.41, 5.74) is 3.91. The smallest absolute Gasteiger partial charge is 0.465 e. The summed E-state index contributed by atoms with van der Waals surface area (Å²) in [6, 6.07) is 21.0. The molecule has 8 nitrogen and oxygen atoms in total. The molecule has 1 saturated carbocycles. The van der Waals surface area contributed by atoms with Crippen LogP contribution in [0.15, 0.2) is 66.7 Å². The molecule has 0 radical (unpaired) electrons. The Kier molecular flexibility index (Phi) is 7.72. The van der Waals surface area contributed by atoms with Gasteiger partial charge in [0.25, 0.3) is 0 Å². The van der Waals surface area contributed by atoms with Crippen LogP contribution in [0.2, 0.25) is 0 Å². The Hall–Kier alpha value is -4.02. The standard InChI is InChI=1S/C34H35F2N3O5/c35-34(36)33(41)38-29-19-25(11-14-30(29)44-34)39(24-9-10-24)32(40)28-20-37-16-15-27(28)23-5-3-4-22(18-23)21-7-12-26(13-8-21)43-31-6-1-2-17-42-31/h3-5,7-8,11-14,18-19,24,27-28,31,37H,1-2,6,9-10,15-17,20H2,(H,38,41)/t27-,28+,31?/m1/s1. The molecule has 3 heterocycles.